The van der Waals surface area contributed by atoms with Crippen molar-refractivity contribution in [1.82, 2.24) is 4.98 Å². The van der Waals surface area contributed by atoms with Crippen LogP contribution in [0.1, 0.15) is 37.8 Å². The molecule has 1 aromatic heterocycles. The van der Waals surface area contributed by atoms with Gasteiger partial charge in [0.1, 0.15) is 0 Å². The van der Waals surface area contributed by atoms with Gasteiger partial charge in [0.15, 0.2) is 9.84 Å². The lowest BCUT2D eigenvalue weighted by molar-refractivity contribution is 0.458. The first-order valence-electron chi connectivity index (χ1n) is 6.40. The van der Waals surface area contributed by atoms with Crippen molar-refractivity contribution in [3.63, 3.8) is 0 Å². The summed E-state index contributed by atoms with van der Waals surface area (Å²) in [5.41, 5.74) is 7.05. The number of hydrogen-bond donors (Lipinski definition) is 1. The fourth-order valence-electron chi connectivity index (χ4n) is 2.58. The molecule has 100 valence electrons. The van der Waals surface area contributed by atoms with Gasteiger partial charge in [-0.05, 0) is 25.0 Å². The lowest BCUT2D eigenvalue weighted by Crippen LogP contribution is -2.46. The van der Waals surface area contributed by atoms with Gasteiger partial charge in [-0.3, -0.25) is 4.98 Å². The minimum atomic E-state index is -3.03. The highest BCUT2D eigenvalue weighted by Gasteiger charge is 2.36. The number of aromatic nitrogens is 1. The van der Waals surface area contributed by atoms with E-state index in [2.05, 4.69) is 4.98 Å². The average molecular weight is 268 g/mol. The zero-order valence-electron chi connectivity index (χ0n) is 10.6. The molecule has 3 atom stereocenters. The molecule has 2 rings (SSSR count). The van der Waals surface area contributed by atoms with Gasteiger partial charge in [0.2, 0.25) is 0 Å². The topological polar surface area (TPSA) is 73.0 Å². The molecule has 18 heavy (non-hydrogen) atoms. The summed E-state index contributed by atoms with van der Waals surface area (Å²) in [7, 11) is -3.03. The zero-order valence-corrected chi connectivity index (χ0v) is 11.4. The second-order valence-electron chi connectivity index (χ2n) is 5.02. The highest BCUT2D eigenvalue weighted by molar-refractivity contribution is 7.92. The third-order valence-electron chi connectivity index (χ3n) is 3.79. The molecule has 1 saturated heterocycles. The summed E-state index contributed by atoms with van der Waals surface area (Å²) in [6.45, 7) is 1.96. The molecule has 0 amide bonds. The predicted octanol–water partition coefficient (Wildman–Crippen LogP) is 1.48. The molecule has 2 N–H and O–H groups in total. The second-order valence-corrected chi connectivity index (χ2v) is 7.36. The van der Waals surface area contributed by atoms with Gasteiger partial charge in [-0.1, -0.05) is 19.4 Å². The van der Waals surface area contributed by atoms with Gasteiger partial charge in [-0.15, -0.1) is 0 Å². The van der Waals surface area contributed by atoms with E-state index in [0.29, 0.717) is 6.42 Å². The fraction of sp³-hybridized carbons (Fsp3) is 0.615. The maximum absolute atomic E-state index is 12.1. The van der Waals surface area contributed by atoms with Crippen molar-refractivity contribution < 1.29 is 8.42 Å². The Bertz CT molecular complexity index is 487. The molecule has 3 unspecified atom stereocenters. The molecule has 2 heterocycles. The molecule has 1 aliphatic rings. The lowest BCUT2D eigenvalue weighted by Gasteiger charge is -2.31. The Balaban J connectivity index is 2.18. The van der Waals surface area contributed by atoms with Crippen LogP contribution in [0.25, 0.3) is 0 Å². The minimum Gasteiger partial charge on any atom is -0.326 e. The van der Waals surface area contributed by atoms with Gasteiger partial charge in [0, 0.05) is 23.9 Å². The molecule has 0 aliphatic carbocycles. The first kappa shape index (κ1) is 13.5. The Hall–Kier alpha value is -0.940. The van der Waals surface area contributed by atoms with Crippen LogP contribution in [0.3, 0.4) is 0 Å². The van der Waals surface area contributed by atoms with E-state index in [4.69, 9.17) is 5.73 Å². The molecule has 1 fully saturated rings. The fourth-order valence-corrected chi connectivity index (χ4v) is 4.73. The van der Waals surface area contributed by atoms with E-state index < -0.39 is 15.1 Å². The van der Waals surface area contributed by atoms with Crippen LogP contribution in [-0.2, 0) is 9.84 Å². The highest BCUT2D eigenvalue weighted by atomic mass is 32.2. The van der Waals surface area contributed by atoms with Crippen LogP contribution >= 0.6 is 0 Å². The standard InChI is InChI=1S/C13H20N2O2S/c1-10(11-6-2-4-8-15-11)13(14)12-7-3-5-9-18(12,16)17/h2,4,6,8,10,12-13H,3,5,7,9,14H2,1H3. The van der Waals surface area contributed by atoms with Crippen molar-refractivity contribution in [2.24, 2.45) is 5.73 Å². The van der Waals surface area contributed by atoms with Crippen LogP contribution in [-0.4, -0.2) is 30.4 Å². The average Bonchev–Trinajstić information content (AvgIpc) is 2.37. The smallest absolute Gasteiger partial charge is 0.154 e. The molecule has 1 aliphatic heterocycles. The molecular weight excluding hydrogens is 248 g/mol. The zero-order chi connectivity index (χ0) is 13.2. The number of sulfone groups is 1. The number of pyridine rings is 1. The number of hydrogen-bond acceptors (Lipinski definition) is 4. The monoisotopic (exact) mass is 268 g/mol. The third-order valence-corrected chi connectivity index (χ3v) is 6.12. The van der Waals surface area contributed by atoms with E-state index >= 15 is 0 Å². The molecular formula is C13H20N2O2S. The first-order valence-corrected chi connectivity index (χ1v) is 8.12. The predicted molar refractivity (Wildman–Crippen MR) is 72.1 cm³/mol. The van der Waals surface area contributed by atoms with Gasteiger partial charge in [-0.2, -0.15) is 0 Å². The van der Waals surface area contributed by atoms with Crippen molar-refractivity contribution in [1.29, 1.82) is 0 Å². The van der Waals surface area contributed by atoms with E-state index in [-0.39, 0.29) is 17.7 Å². The van der Waals surface area contributed by atoms with Crippen LogP contribution in [0.5, 0.6) is 0 Å². The third kappa shape index (κ3) is 2.72. The summed E-state index contributed by atoms with van der Waals surface area (Å²) in [6, 6.07) is 5.28. The molecule has 0 saturated carbocycles. The van der Waals surface area contributed by atoms with Gasteiger partial charge >= 0.3 is 0 Å². The molecule has 0 spiro atoms. The SMILES string of the molecule is CC(c1ccccn1)C(N)C1CCCCS1(=O)=O. The summed E-state index contributed by atoms with van der Waals surface area (Å²) in [4.78, 5) is 4.27. The van der Waals surface area contributed by atoms with Crippen molar-refractivity contribution >= 4 is 9.84 Å². The van der Waals surface area contributed by atoms with Crippen LogP contribution in [0.4, 0.5) is 0 Å². The van der Waals surface area contributed by atoms with Crippen LogP contribution in [0.2, 0.25) is 0 Å². The van der Waals surface area contributed by atoms with Crippen LogP contribution in [0, 0.1) is 0 Å². The van der Waals surface area contributed by atoms with Gasteiger partial charge in [0.25, 0.3) is 0 Å². The first-order chi connectivity index (χ1) is 8.52. The van der Waals surface area contributed by atoms with E-state index in [1.54, 1.807) is 6.20 Å². The molecule has 5 heteroatoms. The summed E-state index contributed by atoms with van der Waals surface area (Å²) in [5.74, 6) is 0.240. The largest absolute Gasteiger partial charge is 0.326 e. The second kappa shape index (κ2) is 5.36. The van der Waals surface area contributed by atoms with Gasteiger partial charge in [0.05, 0.1) is 11.0 Å². The van der Waals surface area contributed by atoms with Crippen molar-refractivity contribution in [2.45, 2.75) is 43.4 Å². The summed E-state index contributed by atoms with van der Waals surface area (Å²) < 4.78 is 24.1. The Labute approximate surface area is 109 Å². The van der Waals surface area contributed by atoms with Crippen molar-refractivity contribution in [2.75, 3.05) is 5.75 Å². The Morgan fingerprint density at radius 3 is 2.78 bits per heavy atom. The highest BCUT2D eigenvalue weighted by Crippen LogP contribution is 2.28. The summed E-state index contributed by atoms with van der Waals surface area (Å²) in [5, 5.41) is -0.414. The quantitative estimate of drug-likeness (QED) is 0.901. The Morgan fingerprint density at radius 1 is 1.39 bits per heavy atom. The molecule has 4 nitrogen and oxygen atoms in total. The van der Waals surface area contributed by atoms with Gasteiger partial charge < -0.3 is 5.73 Å². The van der Waals surface area contributed by atoms with Gasteiger partial charge in [-0.25, -0.2) is 8.42 Å². The molecule has 0 radical (unpaired) electrons. The molecule has 1 aromatic rings. The van der Waals surface area contributed by atoms with Crippen molar-refractivity contribution in [3.05, 3.63) is 30.1 Å². The number of rotatable bonds is 3. The molecule has 0 bridgehead atoms. The Morgan fingerprint density at radius 2 is 2.17 bits per heavy atom. The van der Waals surface area contributed by atoms with E-state index in [0.717, 1.165) is 18.5 Å². The summed E-state index contributed by atoms with van der Waals surface area (Å²) in [6.07, 6.45) is 4.12. The normalized spacial score (nSPS) is 26.4. The van der Waals surface area contributed by atoms with E-state index in [1.165, 1.54) is 0 Å². The number of nitrogens with two attached hydrogens (primary N) is 1. The lowest BCUT2D eigenvalue weighted by atomic mass is 9.93. The minimum absolute atomic E-state index is 0.0379. The Kier molecular flexibility index (Phi) is 4.02. The van der Waals surface area contributed by atoms with E-state index in [9.17, 15) is 8.42 Å². The van der Waals surface area contributed by atoms with Crippen molar-refractivity contribution in [3.8, 4) is 0 Å². The molecule has 0 aromatic carbocycles. The maximum atomic E-state index is 12.1. The summed E-state index contributed by atoms with van der Waals surface area (Å²) >= 11 is 0. The van der Waals surface area contributed by atoms with Crippen LogP contribution in [0.15, 0.2) is 24.4 Å². The van der Waals surface area contributed by atoms with Crippen LogP contribution < -0.4 is 5.73 Å². The van der Waals surface area contributed by atoms with E-state index in [1.807, 2.05) is 25.1 Å². The maximum Gasteiger partial charge on any atom is 0.154 e. The number of nitrogens with zero attached hydrogens (tertiary/aromatic N) is 1.